The topological polar surface area (TPSA) is 114 Å². The van der Waals surface area contributed by atoms with Crippen LogP contribution in [0.5, 0.6) is 0 Å². The van der Waals surface area contributed by atoms with E-state index in [4.69, 9.17) is 9.05 Å². The standard InChI is InChI=1S/C16H17N5O4S/c1-10-7-12(19-24-10)17-13(22)8-21(2)15(23)4-3-14-18-16(20-25-14)11-5-6-26-9-11/h5-7,9H,3-4,8H2,1-2H3,(H,17,19,22). The number of thiophene rings is 1. The van der Waals surface area contributed by atoms with Crippen LogP contribution in [0.2, 0.25) is 0 Å². The van der Waals surface area contributed by atoms with Crippen LogP contribution in [0.15, 0.2) is 31.9 Å². The van der Waals surface area contributed by atoms with Crippen LogP contribution < -0.4 is 5.32 Å². The van der Waals surface area contributed by atoms with E-state index in [0.29, 0.717) is 29.7 Å². The molecule has 0 radical (unpaired) electrons. The maximum absolute atomic E-state index is 12.2. The van der Waals surface area contributed by atoms with Crippen molar-refractivity contribution in [3.05, 3.63) is 34.5 Å². The Hall–Kier alpha value is -3.01. The average Bonchev–Trinajstić information content (AvgIpc) is 3.34. The quantitative estimate of drug-likeness (QED) is 0.672. The molecule has 3 rings (SSSR count). The number of amides is 2. The number of nitrogens with zero attached hydrogens (tertiary/aromatic N) is 4. The van der Waals surface area contributed by atoms with Gasteiger partial charge in [0.15, 0.2) is 5.82 Å². The molecule has 136 valence electrons. The lowest BCUT2D eigenvalue weighted by atomic mass is 10.2. The SMILES string of the molecule is Cc1cc(NC(=O)CN(C)C(=O)CCc2nc(-c3ccsc3)no2)no1. The minimum absolute atomic E-state index is 0.0886. The normalized spacial score (nSPS) is 10.7. The number of aryl methyl sites for hydroxylation is 2. The first kappa shape index (κ1) is 17.8. The van der Waals surface area contributed by atoms with Gasteiger partial charge in [0, 0.05) is 36.9 Å². The van der Waals surface area contributed by atoms with Crippen molar-refractivity contribution in [1.29, 1.82) is 0 Å². The lowest BCUT2D eigenvalue weighted by Gasteiger charge is -2.15. The highest BCUT2D eigenvalue weighted by molar-refractivity contribution is 7.08. The van der Waals surface area contributed by atoms with E-state index < -0.39 is 0 Å². The van der Waals surface area contributed by atoms with Gasteiger partial charge in [-0.25, -0.2) is 0 Å². The third-order valence-electron chi connectivity index (χ3n) is 3.50. The molecule has 0 saturated heterocycles. The van der Waals surface area contributed by atoms with Crippen LogP contribution in [0.25, 0.3) is 11.4 Å². The molecule has 0 fully saturated rings. The number of rotatable bonds is 7. The fourth-order valence-electron chi connectivity index (χ4n) is 2.18. The van der Waals surface area contributed by atoms with Gasteiger partial charge in [-0.2, -0.15) is 16.3 Å². The molecular weight excluding hydrogens is 358 g/mol. The van der Waals surface area contributed by atoms with Crippen molar-refractivity contribution >= 4 is 29.0 Å². The number of likely N-dealkylation sites (N-methyl/N-ethyl adjacent to an activating group) is 1. The Labute approximate surface area is 153 Å². The Balaban J connectivity index is 1.46. The number of hydrogen-bond donors (Lipinski definition) is 1. The monoisotopic (exact) mass is 375 g/mol. The minimum atomic E-state index is -0.355. The molecule has 0 aliphatic carbocycles. The molecule has 0 aromatic carbocycles. The second-order valence-electron chi connectivity index (χ2n) is 5.64. The van der Waals surface area contributed by atoms with Crippen molar-refractivity contribution in [1.82, 2.24) is 20.2 Å². The van der Waals surface area contributed by atoms with Crippen LogP contribution in [-0.4, -0.2) is 45.6 Å². The zero-order valence-corrected chi connectivity index (χ0v) is 15.1. The maximum atomic E-state index is 12.2. The Morgan fingerprint density at radius 3 is 2.85 bits per heavy atom. The lowest BCUT2D eigenvalue weighted by Crippen LogP contribution is -2.35. The Morgan fingerprint density at radius 2 is 2.15 bits per heavy atom. The largest absolute Gasteiger partial charge is 0.360 e. The summed E-state index contributed by atoms with van der Waals surface area (Å²) in [6.07, 6.45) is 0.475. The third kappa shape index (κ3) is 4.54. The highest BCUT2D eigenvalue weighted by Crippen LogP contribution is 2.19. The molecule has 0 bridgehead atoms. The molecule has 26 heavy (non-hydrogen) atoms. The summed E-state index contributed by atoms with van der Waals surface area (Å²) in [6, 6.07) is 3.49. The predicted octanol–water partition coefficient (Wildman–Crippen LogP) is 2.12. The van der Waals surface area contributed by atoms with Crippen molar-refractivity contribution < 1.29 is 18.6 Å². The van der Waals surface area contributed by atoms with Crippen molar-refractivity contribution in [2.24, 2.45) is 0 Å². The van der Waals surface area contributed by atoms with Crippen LogP contribution in [0.3, 0.4) is 0 Å². The zero-order valence-electron chi connectivity index (χ0n) is 14.3. The summed E-state index contributed by atoms with van der Waals surface area (Å²) in [6.45, 7) is 1.63. The van der Waals surface area contributed by atoms with Crippen LogP contribution >= 0.6 is 11.3 Å². The molecule has 0 aliphatic rings. The van der Waals surface area contributed by atoms with Gasteiger partial charge in [0.1, 0.15) is 5.76 Å². The number of nitrogens with one attached hydrogen (secondary N) is 1. The van der Waals surface area contributed by atoms with Crippen molar-refractivity contribution in [2.45, 2.75) is 19.8 Å². The van der Waals surface area contributed by atoms with E-state index in [1.807, 2.05) is 16.8 Å². The summed E-state index contributed by atoms with van der Waals surface area (Å²) in [5, 5.41) is 14.0. The first-order chi connectivity index (χ1) is 12.5. The van der Waals surface area contributed by atoms with Gasteiger partial charge >= 0.3 is 0 Å². The molecule has 0 spiro atoms. The molecule has 0 unspecified atom stereocenters. The molecule has 2 amide bonds. The van der Waals surface area contributed by atoms with E-state index in [2.05, 4.69) is 20.6 Å². The zero-order chi connectivity index (χ0) is 18.5. The number of aromatic nitrogens is 3. The van der Waals surface area contributed by atoms with Gasteiger partial charge in [-0.15, -0.1) is 0 Å². The van der Waals surface area contributed by atoms with Gasteiger partial charge in [-0.05, 0) is 18.4 Å². The van der Waals surface area contributed by atoms with Crippen molar-refractivity contribution in [3.8, 4) is 11.4 Å². The molecule has 3 aromatic heterocycles. The van der Waals surface area contributed by atoms with Crippen LogP contribution in [0.4, 0.5) is 5.82 Å². The summed E-state index contributed by atoms with van der Waals surface area (Å²) >= 11 is 1.54. The molecule has 0 saturated carbocycles. The number of carbonyl (C=O) groups excluding carboxylic acids is 2. The fraction of sp³-hybridized carbons (Fsp3) is 0.312. The molecule has 10 heteroatoms. The molecule has 3 heterocycles. The van der Waals surface area contributed by atoms with E-state index >= 15 is 0 Å². The lowest BCUT2D eigenvalue weighted by molar-refractivity contribution is -0.133. The van der Waals surface area contributed by atoms with Gasteiger partial charge in [-0.1, -0.05) is 10.3 Å². The van der Waals surface area contributed by atoms with Gasteiger partial charge in [-0.3, -0.25) is 9.59 Å². The Bertz CT molecular complexity index is 886. The van der Waals surface area contributed by atoms with E-state index in [1.165, 1.54) is 4.90 Å². The van der Waals surface area contributed by atoms with Crippen molar-refractivity contribution in [2.75, 3.05) is 18.9 Å². The summed E-state index contributed by atoms with van der Waals surface area (Å²) in [5.74, 6) is 1.24. The van der Waals surface area contributed by atoms with E-state index in [0.717, 1.165) is 5.56 Å². The molecular formula is C16H17N5O4S. The third-order valence-corrected chi connectivity index (χ3v) is 4.19. The number of carbonyl (C=O) groups is 2. The summed E-state index contributed by atoms with van der Waals surface area (Å²) < 4.78 is 10.0. The van der Waals surface area contributed by atoms with Crippen LogP contribution in [0.1, 0.15) is 18.1 Å². The summed E-state index contributed by atoms with van der Waals surface area (Å²) in [7, 11) is 1.56. The Morgan fingerprint density at radius 1 is 1.31 bits per heavy atom. The minimum Gasteiger partial charge on any atom is -0.360 e. The molecule has 1 N–H and O–H groups in total. The first-order valence-corrected chi connectivity index (χ1v) is 8.78. The highest BCUT2D eigenvalue weighted by Gasteiger charge is 2.16. The Kier molecular flexibility index (Phi) is 5.42. The first-order valence-electron chi connectivity index (χ1n) is 7.83. The number of anilines is 1. The maximum Gasteiger partial charge on any atom is 0.245 e. The van der Waals surface area contributed by atoms with E-state index in [1.54, 1.807) is 31.4 Å². The average molecular weight is 375 g/mol. The van der Waals surface area contributed by atoms with Crippen molar-refractivity contribution in [3.63, 3.8) is 0 Å². The summed E-state index contributed by atoms with van der Waals surface area (Å²) in [4.78, 5) is 29.7. The van der Waals surface area contributed by atoms with E-state index in [9.17, 15) is 9.59 Å². The van der Waals surface area contributed by atoms with Gasteiger partial charge in [0.05, 0.1) is 6.54 Å². The molecule has 0 atom stereocenters. The van der Waals surface area contributed by atoms with Crippen LogP contribution in [-0.2, 0) is 16.0 Å². The molecule has 3 aromatic rings. The fourth-order valence-corrected chi connectivity index (χ4v) is 2.82. The van der Waals surface area contributed by atoms with Crippen LogP contribution in [0, 0.1) is 6.92 Å². The number of hydrogen-bond acceptors (Lipinski definition) is 8. The smallest absolute Gasteiger partial charge is 0.245 e. The highest BCUT2D eigenvalue weighted by atomic mass is 32.1. The van der Waals surface area contributed by atoms with Gasteiger partial charge in [0.25, 0.3) is 0 Å². The van der Waals surface area contributed by atoms with E-state index in [-0.39, 0.29) is 24.8 Å². The molecule has 0 aliphatic heterocycles. The second kappa shape index (κ2) is 7.91. The molecule has 9 nitrogen and oxygen atoms in total. The van der Waals surface area contributed by atoms with Gasteiger partial charge in [0.2, 0.25) is 23.5 Å². The summed E-state index contributed by atoms with van der Waals surface area (Å²) in [5.41, 5.74) is 0.883. The van der Waals surface area contributed by atoms with Gasteiger partial charge < -0.3 is 19.3 Å². The second-order valence-corrected chi connectivity index (χ2v) is 6.42. The predicted molar refractivity (Wildman–Crippen MR) is 93.4 cm³/mol.